The molecular formula is C28H15Cl2N3O8S. The number of hydrogen-bond acceptors (Lipinski definition) is 9. The molecule has 0 spiro atoms. The van der Waals surface area contributed by atoms with Crippen molar-refractivity contribution in [2.75, 3.05) is 6.54 Å². The topological polar surface area (TPSA) is 144 Å². The maximum atomic E-state index is 13.6. The van der Waals surface area contributed by atoms with Crippen molar-refractivity contribution in [3.63, 3.8) is 0 Å². The zero-order valence-electron chi connectivity index (χ0n) is 21.0. The van der Waals surface area contributed by atoms with Crippen molar-refractivity contribution in [3.05, 3.63) is 125 Å². The molecule has 42 heavy (non-hydrogen) atoms. The molecule has 0 N–H and O–H groups in total. The normalized spacial score (nSPS) is 12.2. The molecule has 4 aromatic rings. The van der Waals surface area contributed by atoms with Crippen molar-refractivity contribution in [1.29, 1.82) is 0 Å². The molecule has 2 heterocycles. The van der Waals surface area contributed by atoms with E-state index in [1.54, 1.807) is 17.5 Å². The zero-order chi connectivity index (χ0) is 30.1. The molecule has 5 rings (SSSR count). The SMILES string of the molecule is O=C(CN(C(=O)c1ccc(Cl)c(Cl)c1)N1C(=O)c2cccc([N+](=O)[O-])c2C1=O)c1ccc(OC(=O)c2cccs2)cc1. The van der Waals surface area contributed by atoms with Crippen LogP contribution < -0.4 is 4.74 Å². The Kier molecular flexibility index (Phi) is 7.85. The second-order valence-electron chi connectivity index (χ2n) is 8.68. The molecule has 0 atom stereocenters. The highest BCUT2D eigenvalue weighted by Crippen LogP contribution is 2.33. The van der Waals surface area contributed by atoms with E-state index in [4.69, 9.17) is 27.9 Å². The summed E-state index contributed by atoms with van der Waals surface area (Å²) >= 11 is 13.2. The van der Waals surface area contributed by atoms with E-state index >= 15 is 0 Å². The lowest BCUT2D eigenvalue weighted by molar-refractivity contribution is -0.385. The van der Waals surface area contributed by atoms with E-state index in [2.05, 4.69) is 0 Å². The second kappa shape index (κ2) is 11.5. The number of imide groups is 1. The van der Waals surface area contributed by atoms with E-state index in [1.807, 2.05) is 0 Å². The summed E-state index contributed by atoms with van der Waals surface area (Å²) < 4.78 is 5.29. The monoisotopic (exact) mass is 623 g/mol. The van der Waals surface area contributed by atoms with Crippen LogP contribution in [0.25, 0.3) is 0 Å². The van der Waals surface area contributed by atoms with E-state index in [0.29, 0.717) is 14.9 Å². The number of nitro benzene ring substituents is 1. The molecule has 0 aliphatic carbocycles. The van der Waals surface area contributed by atoms with Crippen LogP contribution in [0.4, 0.5) is 5.69 Å². The average molecular weight is 624 g/mol. The van der Waals surface area contributed by atoms with Crippen molar-refractivity contribution >= 4 is 69.7 Å². The molecule has 3 aromatic carbocycles. The number of esters is 1. The molecule has 0 unspecified atom stereocenters. The number of amides is 3. The van der Waals surface area contributed by atoms with Crippen LogP contribution >= 0.6 is 34.5 Å². The van der Waals surface area contributed by atoms with Crippen molar-refractivity contribution in [2.24, 2.45) is 0 Å². The lowest BCUT2D eigenvalue weighted by Crippen LogP contribution is -2.51. The number of rotatable bonds is 8. The van der Waals surface area contributed by atoms with Gasteiger partial charge in [0.2, 0.25) is 0 Å². The molecule has 11 nitrogen and oxygen atoms in total. The number of hydrogen-bond donors (Lipinski definition) is 0. The molecule has 0 fully saturated rings. The zero-order valence-corrected chi connectivity index (χ0v) is 23.3. The average Bonchev–Trinajstić information content (AvgIpc) is 3.60. The van der Waals surface area contributed by atoms with Gasteiger partial charge in [-0.15, -0.1) is 11.3 Å². The van der Waals surface area contributed by atoms with Gasteiger partial charge in [0, 0.05) is 17.2 Å². The van der Waals surface area contributed by atoms with E-state index < -0.39 is 52.2 Å². The maximum absolute atomic E-state index is 13.6. The number of halogens is 2. The van der Waals surface area contributed by atoms with E-state index in [0.717, 1.165) is 6.07 Å². The first-order valence-electron chi connectivity index (χ1n) is 11.9. The number of Topliss-reactive ketones (excluding diaryl/α,β-unsaturated/α-hetero) is 1. The standard InChI is InChI=1S/C28H15Cl2N3O8S/c29-19-11-8-16(13-20(19)30)25(35)31(32-26(36)18-3-1-4-21(33(39)40)24(18)27(32)37)14-22(34)15-6-9-17(10-7-15)41-28(38)23-5-2-12-42-23/h1-13H,14H2. The summed E-state index contributed by atoms with van der Waals surface area (Å²) in [6, 6.07) is 16.0. The van der Waals surface area contributed by atoms with Crippen LogP contribution in [-0.4, -0.2) is 51.0 Å². The van der Waals surface area contributed by atoms with Gasteiger partial charge in [0.25, 0.3) is 23.4 Å². The van der Waals surface area contributed by atoms with Gasteiger partial charge in [0.1, 0.15) is 22.7 Å². The van der Waals surface area contributed by atoms with E-state index in [9.17, 15) is 34.1 Å². The van der Waals surface area contributed by atoms with E-state index in [-0.39, 0.29) is 32.5 Å². The summed E-state index contributed by atoms with van der Waals surface area (Å²) in [5.74, 6) is -4.29. The van der Waals surface area contributed by atoms with Gasteiger partial charge in [-0.25, -0.2) is 9.80 Å². The molecule has 210 valence electrons. The molecule has 0 saturated heterocycles. The molecule has 0 radical (unpaired) electrons. The minimum absolute atomic E-state index is 0.000485. The Balaban J connectivity index is 1.46. The van der Waals surface area contributed by atoms with E-state index in [1.165, 1.54) is 65.9 Å². The fourth-order valence-electron chi connectivity index (χ4n) is 4.13. The molecule has 3 amide bonds. The van der Waals surface area contributed by atoms with Crippen LogP contribution in [0.3, 0.4) is 0 Å². The predicted molar refractivity (Wildman–Crippen MR) is 151 cm³/mol. The molecule has 0 bridgehead atoms. The van der Waals surface area contributed by atoms with Gasteiger partial charge >= 0.3 is 5.97 Å². The van der Waals surface area contributed by atoms with Gasteiger partial charge in [0.05, 0.1) is 20.5 Å². The largest absolute Gasteiger partial charge is 0.422 e. The minimum Gasteiger partial charge on any atom is -0.422 e. The highest BCUT2D eigenvalue weighted by molar-refractivity contribution is 7.12. The van der Waals surface area contributed by atoms with Gasteiger partial charge in [-0.2, -0.15) is 5.01 Å². The van der Waals surface area contributed by atoms with Crippen molar-refractivity contribution in [1.82, 2.24) is 10.0 Å². The van der Waals surface area contributed by atoms with Crippen LogP contribution in [0.1, 0.15) is 51.1 Å². The summed E-state index contributed by atoms with van der Waals surface area (Å²) in [6.07, 6.45) is 0. The van der Waals surface area contributed by atoms with Crippen LogP contribution in [-0.2, 0) is 0 Å². The Bertz CT molecular complexity index is 1790. The Morgan fingerprint density at radius 2 is 1.62 bits per heavy atom. The number of carbonyl (C=O) groups excluding carboxylic acids is 5. The number of benzene rings is 3. The first kappa shape index (κ1) is 28.6. The highest BCUT2D eigenvalue weighted by Gasteiger charge is 2.46. The number of ketones is 1. The fourth-order valence-corrected chi connectivity index (χ4v) is 5.02. The first-order valence-corrected chi connectivity index (χ1v) is 13.5. The third-order valence-corrected chi connectivity index (χ3v) is 7.70. The summed E-state index contributed by atoms with van der Waals surface area (Å²) in [7, 11) is 0. The third-order valence-electron chi connectivity index (χ3n) is 6.11. The van der Waals surface area contributed by atoms with Gasteiger partial charge in [0.15, 0.2) is 5.78 Å². The van der Waals surface area contributed by atoms with Crippen LogP contribution in [0.2, 0.25) is 10.0 Å². The number of hydrazine groups is 1. The predicted octanol–water partition coefficient (Wildman–Crippen LogP) is 5.72. The van der Waals surface area contributed by atoms with Crippen molar-refractivity contribution in [3.8, 4) is 5.75 Å². The summed E-state index contributed by atoms with van der Waals surface area (Å²) in [6.45, 7) is -0.813. The highest BCUT2D eigenvalue weighted by atomic mass is 35.5. The quantitative estimate of drug-likeness (QED) is 0.0605. The summed E-state index contributed by atoms with van der Waals surface area (Å²) in [5.41, 5.74) is -1.50. The second-order valence-corrected chi connectivity index (χ2v) is 10.4. The summed E-state index contributed by atoms with van der Waals surface area (Å²) in [4.78, 5) is 77.1. The van der Waals surface area contributed by atoms with Crippen molar-refractivity contribution in [2.45, 2.75) is 0 Å². The number of nitrogens with zero attached hydrogens (tertiary/aromatic N) is 3. The number of ether oxygens (including phenoxy) is 1. The van der Waals surface area contributed by atoms with Gasteiger partial charge in [-0.3, -0.25) is 29.3 Å². The van der Waals surface area contributed by atoms with Gasteiger partial charge < -0.3 is 4.74 Å². The van der Waals surface area contributed by atoms with Crippen LogP contribution in [0.5, 0.6) is 5.75 Å². The molecule has 1 aromatic heterocycles. The van der Waals surface area contributed by atoms with Gasteiger partial charge in [-0.1, -0.05) is 35.3 Å². The van der Waals surface area contributed by atoms with Crippen molar-refractivity contribution < 1.29 is 33.6 Å². The Labute approximate surface area is 250 Å². The Morgan fingerprint density at radius 1 is 0.905 bits per heavy atom. The van der Waals surface area contributed by atoms with Crippen LogP contribution in [0.15, 0.2) is 78.2 Å². The van der Waals surface area contributed by atoms with Gasteiger partial charge in [-0.05, 0) is 60.0 Å². The molecule has 0 saturated carbocycles. The molecular weight excluding hydrogens is 609 g/mol. The Hall–Kier alpha value is -4.91. The number of thiophene rings is 1. The number of carbonyl (C=O) groups is 5. The number of nitro groups is 1. The lowest BCUT2D eigenvalue weighted by atomic mass is 10.1. The molecule has 1 aliphatic rings. The van der Waals surface area contributed by atoms with Crippen LogP contribution in [0, 0.1) is 10.1 Å². The smallest absolute Gasteiger partial charge is 0.353 e. The molecule has 14 heteroatoms. The maximum Gasteiger partial charge on any atom is 0.353 e. The third kappa shape index (κ3) is 5.38. The minimum atomic E-state index is -1.15. The fraction of sp³-hybridized carbons (Fsp3) is 0.0357. The number of fused-ring (bicyclic) bond motifs is 1. The summed E-state index contributed by atoms with van der Waals surface area (Å²) in [5, 5.41) is 14.4. The first-order chi connectivity index (χ1) is 20.1. The Morgan fingerprint density at radius 3 is 2.26 bits per heavy atom. The molecule has 1 aliphatic heterocycles. The lowest BCUT2D eigenvalue weighted by Gasteiger charge is -2.29.